The van der Waals surface area contributed by atoms with E-state index in [1.165, 1.54) is 81.9 Å². The first-order valence-corrected chi connectivity index (χ1v) is 42.2. The number of carboxylic acid groups (broad SMARTS) is 4. The summed E-state index contributed by atoms with van der Waals surface area (Å²) in [6.45, 7) is 1.61. The Morgan fingerprint density at radius 2 is 1.00 bits per heavy atom. The molecule has 19 heterocycles. The first-order valence-electron chi connectivity index (χ1n) is 35.7. The molecular weight excluding hydrogens is 1540 g/mol. The van der Waals surface area contributed by atoms with Gasteiger partial charge in [0.05, 0.1) is 85.8 Å². The second-order valence-corrected chi connectivity index (χ2v) is 34.1. The predicted molar refractivity (Wildman–Crippen MR) is 419 cm³/mol. The Bertz CT molecular complexity index is 5410. The van der Waals surface area contributed by atoms with E-state index < -0.39 is 84.6 Å². The molecule has 8 unspecified atom stereocenters. The van der Waals surface area contributed by atoms with Gasteiger partial charge in [0.1, 0.15) is 19.1 Å². The Morgan fingerprint density at radius 3 is 1.53 bits per heavy atom. The fraction of sp³-hybridized carbons (Fsp3) is 0.250. The number of halogens is 1. The van der Waals surface area contributed by atoms with E-state index in [-0.39, 0.29) is 96.4 Å². The van der Waals surface area contributed by atoms with Gasteiger partial charge in [-0.05, 0) is 164 Å². The zero-order chi connectivity index (χ0) is 76.7. The molecule has 111 heavy (non-hydrogen) atoms. The van der Waals surface area contributed by atoms with Crippen molar-refractivity contribution in [3.63, 3.8) is 0 Å². The topological polar surface area (TPSA) is 316 Å². The van der Waals surface area contributed by atoms with Crippen LogP contribution in [0.25, 0.3) is 16.3 Å². The molecule has 0 saturated heterocycles. The molecule has 6 aliphatic carbocycles. The van der Waals surface area contributed by atoms with Crippen molar-refractivity contribution >= 4 is 142 Å². The molecule has 23 nitrogen and oxygen atoms in total. The first kappa shape index (κ1) is 75.2. The molecule has 0 spiro atoms. The van der Waals surface area contributed by atoms with Crippen LogP contribution in [0.5, 0.6) is 0 Å². The van der Waals surface area contributed by atoms with Crippen LogP contribution in [0, 0.1) is 23.7 Å². The third-order valence-corrected chi connectivity index (χ3v) is 28.2. The largest absolute Gasteiger partial charge is 0.845 e. The summed E-state index contributed by atoms with van der Waals surface area (Å²) in [6, 6.07) is 43.7. The maximum atomic E-state index is 15.1. The van der Waals surface area contributed by atoms with Crippen LogP contribution in [0.3, 0.4) is 0 Å². The number of hydrogen-bond acceptors (Lipinski definition) is 19. The number of imidazole rings is 1. The highest BCUT2D eigenvalue weighted by atomic mass is 33.1. The summed E-state index contributed by atoms with van der Waals surface area (Å²) < 4.78 is 41.8. The summed E-state index contributed by atoms with van der Waals surface area (Å²) >= 11 is 0. The van der Waals surface area contributed by atoms with Gasteiger partial charge in [0.2, 0.25) is 5.91 Å². The van der Waals surface area contributed by atoms with Gasteiger partial charge in [0, 0.05) is 109 Å². The monoisotopic (exact) mass is 1600 g/mol. The number of nitrogens with one attached hydrogen (secondary N) is 3. The van der Waals surface area contributed by atoms with Gasteiger partial charge in [-0.1, -0.05) is 107 Å². The second kappa shape index (κ2) is 32.5. The molecule has 0 saturated carbocycles. The molecule has 20 bridgehead atoms. The average Bonchev–Trinajstić information content (AvgIpc) is 1.28. The second-order valence-electron chi connectivity index (χ2n) is 27.3. The van der Waals surface area contributed by atoms with E-state index in [9.17, 15) is 58.8 Å². The molecule has 7 aromatic carbocycles. The number of aryl methyl sites for hydroxylation is 1. The van der Waals surface area contributed by atoms with E-state index >= 15 is 4.32 Å². The van der Waals surface area contributed by atoms with Crippen LogP contribution in [0.2, 0.25) is 0 Å². The molecule has 32 rings (SSSR count). The molecule has 17 aliphatic heterocycles. The van der Waals surface area contributed by atoms with Gasteiger partial charge in [-0.25, -0.2) is 23.1 Å². The Hall–Kier alpha value is -9.83. The summed E-state index contributed by atoms with van der Waals surface area (Å²) in [4.78, 5) is 115. The number of carbonyl (C=O) groups excluding carboxylic acids is 4. The zero-order valence-corrected chi connectivity index (χ0v) is 63.6. The summed E-state index contributed by atoms with van der Waals surface area (Å²) in [5.41, 5.74) is 10.6. The Balaban J connectivity index is 0.504. The molecule has 8 atom stereocenters. The molecule has 7 N–H and O–H groups in total. The molecule has 2 aromatic heterocycles. The fourth-order valence-electron chi connectivity index (χ4n) is 16.2. The quantitative estimate of drug-likeness (QED) is 0.0159. The van der Waals surface area contributed by atoms with Crippen molar-refractivity contribution in [2.75, 3.05) is 65.9 Å². The molecule has 564 valence electrons. The standard InChI is InChI=1S/C80H67BFN7O16S6/c82-81-88-24-1-3-61(88)65(62-4-2-25-89(62)81)42-5-7-43(8-6-42)74(91)84-22-27-104-31-32-105-80(101)87-40-46(86-41-87)10-20-64(90)83-21-26-102-29-30-103-28-23-85-75(92)60-34-45-33-47-11-9-44(45)35-63(60)111-110-51-15-19-55-59(39-51)69-54-18-14-50(38-58(54)68(55)72(78(97)98)73(69)79(99)100)109-108-49-13-17-53-57(37-49)67-52-16-12-48(107-106-47)36-56(52)66(53)70(76(93)94)71(67)77(95)96/h1-9,11-19,24-25,33-41,66-73H,10,20-23,26-32H2,(H6-,83,84,85,90,91,92,93,94,95,96,97,98,99,100)/p+1. The van der Waals surface area contributed by atoms with Crippen LogP contribution >= 0.6 is 64.8 Å². The number of rotatable bonds is 25. The number of hydrogen-bond donors (Lipinski definition) is 7. The molecule has 23 aliphatic rings. The lowest BCUT2D eigenvalue weighted by Gasteiger charge is -2.47. The highest BCUT2D eigenvalue weighted by Gasteiger charge is 2.58. The lowest BCUT2D eigenvalue weighted by atomic mass is 9.54. The maximum Gasteiger partial charge on any atom is 0.845 e. The van der Waals surface area contributed by atoms with Crippen LogP contribution in [0.1, 0.15) is 112 Å². The van der Waals surface area contributed by atoms with Crippen LogP contribution in [0.4, 0.5) is 9.11 Å². The van der Waals surface area contributed by atoms with Crippen LogP contribution in [0.15, 0.2) is 205 Å². The van der Waals surface area contributed by atoms with Gasteiger partial charge in [-0.3, -0.25) is 38.0 Å². The third kappa shape index (κ3) is 15.1. The molecule has 31 heteroatoms. The number of fused-ring (bicyclic) bond motifs is 4. The molecule has 9 aromatic rings. The zero-order valence-electron chi connectivity index (χ0n) is 58.7. The highest BCUT2D eigenvalue weighted by molar-refractivity contribution is 8.77. The molecule has 3 amide bonds. The van der Waals surface area contributed by atoms with E-state index in [0.29, 0.717) is 21.7 Å². The van der Waals surface area contributed by atoms with Crippen molar-refractivity contribution < 1.29 is 86.5 Å². The van der Waals surface area contributed by atoms with Gasteiger partial charge < -0.3 is 55.3 Å². The summed E-state index contributed by atoms with van der Waals surface area (Å²) in [7, 11) is 7.29. The van der Waals surface area contributed by atoms with E-state index in [2.05, 4.69) is 20.9 Å². The summed E-state index contributed by atoms with van der Waals surface area (Å²) in [5, 5.41) is 53.5. The number of allylic oxidation sites excluding steroid dienone is 2. The number of carboxylic acids is 4. The van der Waals surface area contributed by atoms with E-state index in [1.54, 1.807) is 45.7 Å². The van der Waals surface area contributed by atoms with Crippen molar-refractivity contribution in [2.45, 2.75) is 65.9 Å². The van der Waals surface area contributed by atoms with Crippen molar-refractivity contribution in [1.82, 2.24) is 30.0 Å². The number of nitrogens with zero attached hydrogens (tertiary/aromatic N) is 4. The predicted octanol–water partition coefficient (Wildman–Crippen LogP) is 12.7. The molecule has 0 fully saturated rings. The number of amides is 3. The Morgan fingerprint density at radius 1 is 0.514 bits per heavy atom. The Labute approximate surface area is 658 Å². The normalized spacial score (nSPS) is 19.9. The van der Waals surface area contributed by atoms with Crippen molar-refractivity contribution in [3.05, 3.63) is 249 Å². The van der Waals surface area contributed by atoms with Crippen molar-refractivity contribution in [1.29, 1.82) is 0 Å². The van der Waals surface area contributed by atoms with Gasteiger partial charge >= 0.3 is 37.2 Å². The van der Waals surface area contributed by atoms with Gasteiger partial charge in [-0.2, -0.15) is 0 Å². The van der Waals surface area contributed by atoms with Crippen molar-refractivity contribution in [3.8, 4) is 0 Å². The number of ether oxygens (including phenoxy) is 4. The maximum absolute atomic E-state index is 15.1. The SMILES string of the molecule is O=C(CCc1cn(C(=O)OCCOCCNC(=O)c2ccc(C3=C4C=CC=[N+]4B(F)n4cccc43)cc2)cn1)NCCOCCOCCNC(=O)c1cc2cc3ccc2cc1SSc1ccc2c(c1)C1c4ccc(cc4C2C(C(=O)O)C1C(=O)O)SSc1ccc2c(c1)C1c4ccc(cc4C2C(C(=O)O)C1C(=O)O)SS3. The van der Waals surface area contributed by atoms with Gasteiger partial charge in [0.25, 0.3) is 11.8 Å². The summed E-state index contributed by atoms with van der Waals surface area (Å²) in [6.07, 6.45) is 9.56. The number of aliphatic carboxylic acids is 4. The average molecular weight is 1610 g/mol. The van der Waals surface area contributed by atoms with Crippen LogP contribution in [-0.4, -0.2) is 166 Å². The minimum Gasteiger partial charge on any atom is -0.481 e. The summed E-state index contributed by atoms with van der Waals surface area (Å²) in [5.74, 6) is -13.7. The van der Waals surface area contributed by atoms with Crippen LogP contribution < -0.4 is 16.0 Å². The first-order chi connectivity index (χ1) is 53.9. The lowest BCUT2D eigenvalue weighted by molar-refractivity contribution is -0.329. The molecule has 0 radical (unpaired) electrons. The number of benzene rings is 7. The number of carbonyl (C=O) groups is 8. The number of aromatic nitrogens is 3. The van der Waals surface area contributed by atoms with E-state index in [4.69, 9.17) is 18.9 Å². The third-order valence-electron chi connectivity index (χ3n) is 21.0. The van der Waals surface area contributed by atoms with Gasteiger partial charge in [-0.15, -0.1) is 0 Å². The fourth-order valence-corrected chi connectivity index (χ4v) is 22.3. The minimum atomic E-state index is -1.34. The van der Waals surface area contributed by atoms with Crippen molar-refractivity contribution in [2.24, 2.45) is 23.7 Å². The van der Waals surface area contributed by atoms with Gasteiger partial charge in [0.15, 0.2) is 5.70 Å². The van der Waals surface area contributed by atoms with E-state index in [1.807, 2.05) is 127 Å². The van der Waals surface area contributed by atoms with E-state index in [0.717, 1.165) is 102 Å². The Kier molecular flexibility index (Phi) is 22.0. The molecular formula is C80H68BFN7O16S6+. The minimum absolute atomic E-state index is 0.0488. The lowest BCUT2D eigenvalue weighted by Crippen LogP contribution is -2.47. The smallest absolute Gasteiger partial charge is 0.481 e. The highest BCUT2D eigenvalue weighted by Crippen LogP contribution is 2.62. The van der Waals surface area contributed by atoms with Crippen LogP contribution in [-0.2, 0) is 49.3 Å².